The number of rotatable bonds is 6. The molecule has 0 unspecified atom stereocenters. The van der Waals surface area contributed by atoms with Gasteiger partial charge in [-0.25, -0.2) is 5.01 Å². The van der Waals surface area contributed by atoms with E-state index in [1.807, 2.05) is 31.3 Å². The maximum Gasteiger partial charge on any atom is 0.257 e. The number of hydrogen-bond donors (Lipinski definition) is 1. The van der Waals surface area contributed by atoms with E-state index >= 15 is 0 Å². The van der Waals surface area contributed by atoms with Gasteiger partial charge in [-0.3, -0.25) is 0 Å². The number of benzene rings is 2. The minimum atomic E-state index is 0.429. The van der Waals surface area contributed by atoms with E-state index in [9.17, 15) is 0 Å². The lowest BCUT2D eigenvalue weighted by Crippen LogP contribution is -2.25. The van der Waals surface area contributed by atoms with Gasteiger partial charge < -0.3 is 14.7 Å². The van der Waals surface area contributed by atoms with E-state index in [0.717, 1.165) is 17.0 Å². The number of ether oxygens (including phenoxy) is 1. The Labute approximate surface area is 155 Å². The van der Waals surface area contributed by atoms with Gasteiger partial charge in [-0.1, -0.05) is 28.4 Å². The zero-order valence-corrected chi connectivity index (χ0v) is 15.2. The number of methoxy groups -OCH3 is 1. The van der Waals surface area contributed by atoms with Gasteiger partial charge in [0.05, 0.1) is 24.4 Å². The van der Waals surface area contributed by atoms with Crippen LogP contribution < -0.4 is 10.2 Å². The Morgan fingerprint density at radius 3 is 2.60 bits per heavy atom. The van der Waals surface area contributed by atoms with Crippen LogP contribution in [0.2, 0.25) is 10.0 Å². The molecule has 0 aliphatic carbocycles. The van der Waals surface area contributed by atoms with Gasteiger partial charge in [-0.05, 0) is 42.5 Å². The van der Waals surface area contributed by atoms with Crippen molar-refractivity contribution in [1.82, 2.24) is 15.1 Å². The normalized spacial score (nSPS) is 10.9. The van der Waals surface area contributed by atoms with E-state index in [0.29, 0.717) is 28.3 Å². The summed E-state index contributed by atoms with van der Waals surface area (Å²) < 4.78 is 10.5. The Hall–Kier alpha value is -2.28. The molecule has 0 fully saturated rings. The van der Waals surface area contributed by atoms with E-state index in [4.69, 9.17) is 32.5 Å². The first-order chi connectivity index (χ1) is 12.0. The predicted octanol–water partition coefficient (Wildman–Crippen LogP) is 4.51. The first-order valence-electron chi connectivity index (χ1n) is 7.45. The first kappa shape index (κ1) is 17.5. The molecule has 0 saturated heterocycles. The van der Waals surface area contributed by atoms with Gasteiger partial charge in [-0.2, -0.15) is 4.98 Å². The van der Waals surface area contributed by atoms with Crippen LogP contribution in [0.1, 0.15) is 5.82 Å². The molecule has 1 aromatic heterocycles. The predicted molar refractivity (Wildman–Crippen MR) is 97.8 cm³/mol. The van der Waals surface area contributed by atoms with Crippen molar-refractivity contribution in [3.8, 4) is 17.2 Å². The topological polar surface area (TPSA) is 63.4 Å². The standard InChI is InChI=1S/C17H16Cl2N4O2/c1-23(21-15-8-5-12(18)9-14(15)19)10-16-20-17(25-22-16)11-3-6-13(24-2)7-4-11/h3-9,21H,10H2,1-2H3. The van der Waals surface area contributed by atoms with Crippen molar-refractivity contribution in [3.05, 3.63) is 58.3 Å². The van der Waals surface area contributed by atoms with E-state index < -0.39 is 0 Å². The summed E-state index contributed by atoms with van der Waals surface area (Å²) in [5.41, 5.74) is 4.73. The highest BCUT2D eigenvalue weighted by atomic mass is 35.5. The third kappa shape index (κ3) is 4.42. The van der Waals surface area contributed by atoms with Gasteiger partial charge in [0.15, 0.2) is 5.82 Å². The molecule has 8 heteroatoms. The maximum absolute atomic E-state index is 6.15. The van der Waals surface area contributed by atoms with Crippen LogP contribution in [-0.4, -0.2) is 29.3 Å². The number of hydrogen-bond acceptors (Lipinski definition) is 6. The van der Waals surface area contributed by atoms with Crippen molar-refractivity contribution in [1.29, 1.82) is 0 Å². The van der Waals surface area contributed by atoms with Crippen molar-refractivity contribution < 1.29 is 9.26 Å². The van der Waals surface area contributed by atoms with Crippen molar-refractivity contribution in [2.75, 3.05) is 19.6 Å². The second kappa shape index (κ2) is 7.74. The molecule has 0 radical (unpaired) electrons. The fourth-order valence-corrected chi connectivity index (χ4v) is 2.66. The number of anilines is 1. The van der Waals surface area contributed by atoms with Crippen LogP contribution in [0, 0.1) is 0 Å². The molecular formula is C17H16Cl2N4O2. The summed E-state index contributed by atoms with van der Waals surface area (Å²) in [6, 6.07) is 12.7. The average molecular weight is 379 g/mol. The number of hydrazine groups is 1. The molecule has 0 bridgehead atoms. The van der Waals surface area contributed by atoms with Crippen molar-refractivity contribution in [2.24, 2.45) is 0 Å². The lowest BCUT2D eigenvalue weighted by Gasteiger charge is -2.18. The smallest absolute Gasteiger partial charge is 0.257 e. The number of nitrogens with zero attached hydrogens (tertiary/aromatic N) is 3. The van der Waals surface area contributed by atoms with E-state index in [-0.39, 0.29) is 0 Å². The molecule has 0 atom stereocenters. The summed E-state index contributed by atoms with van der Waals surface area (Å²) >= 11 is 12.0. The molecule has 25 heavy (non-hydrogen) atoms. The summed E-state index contributed by atoms with van der Waals surface area (Å²) in [5.74, 6) is 1.77. The fourth-order valence-electron chi connectivity index (χ4n) is 2.21. The largest absolute Gasteiger partial charge is 0.497 e. The zero-order valence-electron chi connectivity index (χ0n) is 13.7. The molecule has 0 amide bonds. The minimum Gasteiger partial charge on any atom is -0.497 e. The minimum absolute atomic E-state index is 0.429. The molecule has 6 nitrogen and oxygen atoms in total. The molecule has 130 valence electrons. The Balaban J connectivity index is 1.65. The molecule has 0 saturated carbocycles. The van der Waals surface area contributed by atoms with Gasteiger partial charge in [0.25, 0.3) is 5.89 Å². The molecule has 3 aromatic rings. The molecule has 0 spiro atoms. The average Bonchev–Trinajstić information content (AvgIpc) is 3.06. The monoisotopic (exact) mass is 378 g/mol. The Morgan fingerprint density at radius 2 is 1.92 bits per heavy atom. The highest BCUT2D eigenvalue weighted by Crippen LogP contribution is 2.26. The van der Waals surface area contributed by atoms with E-state index in [1.165, 1.54) is 0 Å². The highest BCUT2D eigenvalue weighted by molar-refractivity contribution is 6.36. The summed E-state index contributed by atoms with van der Waals surface area (Å²) in [6.45, 7) is 0.429. The van der Waals surface area contributed by atoms with Crippen LogP contribution in [0.25, 0.3) is 11.5 Å². The zero-order chi connectivity index (χ0) is 17.8. The van der Waals surface area contributed by atoms with E-state index in [1.54, 1.807) is 30.3 Å². The number of nitrogens with one attached hydrogen (secondary N) is 1. The maximum atomic E-state index is 6.15. The lowest BCUT2D eigenvalue weighted by molar-refractivity contribution is 0.361. The molecule has 3 rings (SSSR count). The van der Waals surface area contributed by atoms with Crippen LogP contribution >= 0.6 is 23.2 Å². The van der Waals surface area contributed by atoms with Crippen LogP contribution in [0.3, 0.4) is 0 Å². The Kier molecular flexibility index (Phi) is 5.43. The third-order valence-corrected chi connectivity index (χ3v) is 3.97. The van der Waals surface area contributed by atoms with Gasteiger partial charge in [0.2, 0.25) is 0 Å². The quantitative estimate of drug-likeness (QED) is 0.636. The fraction of sp³-hybridized carbons (Fsp3) is 0.176. The molecular weight excluding hydrogens is 363 g/mol. The van der Waals surface area contributed by atoms with Crippen molar-refractivity contribution in [3.63, 3.8) is 0 Å². The van der Waals surface area contributed by atoms with Crippen LogP contribution in [0.5, 0.6) is 5.75 Å². The molecule has 2 aromatic carbocycles. The first-order valence-corrected chi connectivity index (χ1v) is 8.20. The van der Waals surface area contributed by atoms with Crippen LogP contribution in [-0.2, 0) is 6.54 Å². The second-order valence-electron chi connectivity index (χ2n) is 5.34. The van der Waals surface area contributed by atoms with Crippen molar-refractivity contribution in [2.45, 2.75) is 6.54 Å². The molecule has 0 aliphatic rings. The SMILES string of the molecule is COc1ccc(-c2nc(CN(C)Nc3ccc(Cl)cc3Cl)no2)cc1. The summed E-state index contributed by atoms with van der Waals surface area (Å²) in [5, 5.41) is 6.92. The van der Waals surface area contributed by atoms with Gasteiger partial charge >= 0.3 is 0 Å². The Bertz CT molecular complexity index is 852. The number of halogens is 2. The third-order valence-electron chi connectivity index (χ3n) is 3.43. The second-order valence-corrected chi connectivity index (χ2v) is 6.18. The number of aromatic nitrogens is 2. The highest BCUT2D eigenvalue weighted by Gasteiger charge is 2.12. The lowest BCUT2D eigenvalue weighted by atomic mass is 10.2. The summed E-state index contributed by atoms with van der Waals surface area (Å²) in [6.07, 6.45) is 0. The van der Waals surface area contributed by atoms with Crippen LogP contribution in [0.15, 0.2) is 47.0 Å². The Morgan fingerprint density at radius 1 is 1.16 bits per heavy atom. The van der Waals surface area contributed by atoms with Crippen molar-refractivity contribution >= 4 is 28.9 Å². The molecule has 1 heterocycles. The van der Waals surface area contributed by atoms with Gasteiger partial charge in [0.1, 0.15) is 5.75 Å². The molecule has 1 N–H and O–H groups in total. The van der Waals surface area contributed by atoms with Gasteiger partial charge in [-0.15, -0.1) is 0 Å². The summed E-state index contributed by atoms with van der Waals surface area (Å²) in [4.78, 5) is 4.40. The molecule has 0 aliphatic heterocycles. The van der Waals surface area contributed by atoms with Gasteiger partial charge in [0, 0.05) is 17.6 Å². The van der Waals surface area contributed by atoms with Crippen LogP contribution in [0.4, 0.5) is 5.69 Å². The van der Waals surface area contributed by atoms with E-state index in [2.05, 4.69) is 15.6 Å². The summed E-state index contributed by atoms with van der Waals surface area (Å²) in [7, 11) is 3.48.